The van der Waals surface area contributed by atoms with Crippen LogP contribution in [0.2, 0.25) is 0 Å². The van der Waals surface area contributed by atoms with Crippen LogP contribution in [0.3, 0.4) is 0 Å². The molecule has 0 aromatic heterocycles. The summed E-state index contributed by atoms with van der Waals surface area (Å²) in [7, 11) is 1.82. The third-order valence-corrected chi connectivity index (χ3v) is 5.27. The second-order valence-corrected chi connectivity index (χ2v) is 7.78. The van der Waals surface area contributed by atoms with Gasteiger partial charge in [-0.05, 0) is 38.0 Å². The molecular weight excluding hydrogens is 427 g/mol. The molecule has 0 aromatic rings. The van der Waals surface area contributed by atoms with Crippen molar-refractivity contribution < 1.29 is 4.79 Å². The lowest BCUT2D eigenvalue weighted by atomic mass is 9.88. The Balaban J connectivity index is 0.00000312. The molecule has 1 saturated carbocycles. The number of carbonyl (C=O) groups is 1. The molecule has 1 aliphatic carbocycles. The Kier molecular flexibility index (Phi) is 10.8. The lowest BCUT2D eigenvalue weighted by Crippen LogP contribution is -2.45. The van der Waals surface area contributed by atoms with Crippen molar-refractivity contribution in [2.24, 2.45) is 16.8 Å². The van der Waals surface area contributed by atoms with Gasteiger partial charge >= 0.3 is 0 Å². The van der Waals surface area contributed by atoms with E-state index in [0.29, 0.717) is 11.9 Å². The quantitative estimate of drug-likeness (QED) is 0.274. The molecule has 2 N–H and O–H groups in total. The van der Waals surface area contributed by atoms with E-state index in [0.717, 1.165) is 57.2 Å². The molecule has 1 atom stereocenters. The highest BCUT2D eigenvalue weighted by molar-refractivity contribution is 14.0. The van der Waals surface area contributed by atoms with E-state index in [-0.39, 0.29) is 29.9 Å². The van der Waals surface area contributed by atoms with Crippen molar-refractivity contribution in [2.45, 2.75) is 71.3 Å². The number of rotatable bonds is 6. The Morgan fingerprint density at radius 3 is 2.56 bits per heavy atom. The van der Waals surface area contributed by atoms with Crippen LogP contribution in [-0.2, 0) is 4.79 Å². The molecular formula is C19H37IN4O. The number of nitrogens with one attached hydrogen (secondary N) is 2. The fraction of sp³-hybridized carbons (Fsp3) is 0.895. The zero-order valence-corrected chi connectivity index (χ0v) is 18.6. The van der Waals surface area contributed by atoms with Crippen molar-refractivity contribution in [1.82, 2.24) is 15.5 Å². The van der Waals surface area contributed by atoms with Gasteiger partial charge in [0.2, 0.25) is 5.91 Å². The topological polar surface area (TPSA) is 56.7 Å². The van der Waals surface area contributed by atoms with Crippen LogP contribution >= 0.6 is 24.0 Å². The van der Waals surface area contributed by atoms with Gasteiger partial charge in [0.15, 0.2) is 5.96 Å². The minimum atomic E-state index is 0. The molecule has 1 aliphatic heterocycles. The molecule has 2 aliphatic rings. The summed E-state index contributed by atoms with van der Waals surface area (Å²) in [6.45, 7) is 7.17. The Hall–Kier alpha value is -0.530. The molecule has 0 radical (unpaired) electrons. The van der Waals surface area contributed by atoms with E-state index >= 15 is 0 Å². The Morgan fingerprint density at radius 1 is 1.20 bits per heavy atom. The molecule has 146 valence electrons. The Morgan fingerprint density at radius 2 is 1.92 bits per heavy atom. The molecule has 6 heteroatoms. The van der Waals surface area contributed by atoms with Gasteiger partial charge in [-0.3, -0.25) is 9.79 Å². The fourth-order valence-electron chi connectivity index (χ4n) is 3.79. The van der Waals surface area contributed by atoms with Crippen molar-refractivity contribution in [2.75, 3.05) is 26.7 Å². The zero-order chi connectivity index (χ0) is 17.4. The number of nitrogens with zero attached hydrogens (tertiary/aromatic N) is 2. The molecule has 1 amide bonds. The van der Waals surface area contributed by atoms with Crippen LogP contribution in [0, 0.1) is 11.8 Å². The van der Waals surface area contributed by atoms with Crippen LogP contribution in [0.4, 0.5) is 0 Å². The molecule has 1 saturated heterocycles. The summed E-state index contributed by atoms with van der Waals surface area (Å²) in [5.41, 5.74) is 0. The maximum Gasteiger partial charge on any atom is 0.225 e. The average Bonchev–Trinajstić information content (AvgIpc) is 3.06. The van der Waals surface area contributed by atoms with Crippen LogP contribution < -0.4 is 10.6 Å². The minimum absolute atomic E-state index is 0. The van der Waals surface area contributed by atoms with Crippen LogP contribution in [-0.4, -0.2) is 49.5 Å². The van der Waals surface area contributed by atoms with E-state index < -0.39 is 0 Å². The van der Waals surface area contributed by atoms with E-state index in [4.69, 9.17) is 0 Å². The average molecular weight is 464 g/mol. The third kappa shape index (κ3) is 7.71. The first-order chi connectivity index (χ1) is 11.6. The SMILES string of the molecule is CN=C(NCCCC(C)C)NC1CCN(C(=O)C2CCCCC2)C1.I. The highest BCUT2D eigenvalue weighted by atomic mass is 127. The van der Waals surface area contributed by atoms with Crippen LogP contribution in [0.5, 0.6) is 0 Å². The number of amides is 1. The monoisotopic (exact) mass is 464 g/mol. The lowest BCUT2D eigenvalue weighted by Gasteiger charge is -2.26. The minimum Gasteiger partial charge on any atom is -0.356 e. The predicted octanol–water partition coefficient (Wildman–Crippen LogP) is 3.39. The number of likely N-dealkylation sites (tertiary alicyclic amines) is 1. The number of guanidine groups is 1. The summed E-state index contributed by atoms with van der Waals surface area (Å²) in [6.07, 6.45) is 9.33. The molecule has 0 spiro atoms. The van der Waals surface area contributed by atoms with E-state index in [9.17, 15) is 4.79 Å². The standard InChI is InChI=1S/C19H36N4O.HI/c1-15(2)8-7-12-21-19(20-3)22-17-11-13-23(14-17)18(24)16-9-5-4-6-10-16;/h15-17H,4-14H2,1-3H3,(H2,20,21,22);1H. The van der Waals surface area contributed by atoms with Crippen LogP contribution in [0.25, 0.3) is 0 Å². The first-order valence-electron chi connectivity index (χ1n) is 9.86. The Labute approximate surface area is 170 Å². The highest BCUT2D eigenvalue weighted by Crippen LogP contribution is 2.26. The van der Waals surface area contributed by atoms with Crippen molar-refractivity contribution in [3.63, 3.8) is 0 Å². The summed E-state index contributed by atoms with van der Waals surface area (Å²) in [4.78, 5) is 19.0. The largest absolute Gasteiger partial charge is 0.356 e. The van der Waals surface area contributed by atoms with Gasteiger partial charge in [0.1, 0.15) is 0 Å². The predicted molar refractivity (Wildman–Crippen MR) is 116 cm³/mol. The summed E-state index contributed by atoms with van der Waals surface area (Å²) < 4.78 is 0. The van der Waals surface area contributed by atoms with E-state index in [1.165, 1.54) is 25.7 Å². The molecule has 2 fully saturated rings. The molecule has 2 rings (SSSR count). The smallest absolute Gasteiger partial charge is 0.225 e. The zero-order valence-electron chi connectivity index (χ0n) is 16.2. The third-order valence-electron chi connectivity index (χ3n) is 5.27. The van der Waals surface area contributed by atoms with Gasteiger partial charge in [0.25, 0.3) is 0 Å². The Bertz CT molecular complexity index is 422. The van der Waals surface area contributed by atoms with Crippen LogP contribution in [0.1, 0.15) is 65.2 Å². The summed E-state index contributed by atoms with van der Waals surface area (Å²) in [6, 6.07) is 0.328. The normalized spacial score (nSPS) is 22.0. The van der Waals surface area contributed by atoms with Gasteiger partial charge in [0.05, 0.1) is 0 Å². The number of aliphatic imine (C=N–C) groups is 1. The van der Waals surface area contributed by atoms with Crippen molar-refractivity contribution in [3.8, 4) is 0 Å². The number of carbonyl (C=O) groups excluding carboxylic acids is 1. The second-order valence-electron chi connectivity index (χ2n) is 7.78. The van der Waals surface area contributed by atoms with Gasteiger partial charge in [-0.2, -0.15) is 0 Å². The molecule has 1 heterocycles. The summed E-state index contributed by atoms with van der Waals surface area (Å²) >= 11 is 0. The number of halogens is 1. The van der Waals surface area contributed by atoms with E-state index in [1.54, 1.807) is 0 Å². The maximum absolute atomic E-state index is 12.6. The molecule has 25 heavy (non-hydrogen) atoms. The summed E-state index contributed by atoms with van der Waals surface area (Å²) in [5, 5.41) is 6.88. The van der Waals surface area contributed by atoms with E-state index in [2.05, 4.69) is 34.4 Å². The first kappa shape index (κ1) is 22.5. The van der Waals surface area contributed by atoms with E-state index in [1.807, 2.05) is 7.05 Å². The molecule has 0 aromatic carbocycles. The van der Waals surface area contributed by atoms with Gasteiger partial charge < -0.3 is 15.5 Å². The van der Waals surface area contributed by atoms with Crippen molar-refractivity contribution in [3.05, 3.63) is 0 Å². The second kappa shape index (κ2) is 12.0. The molecule has 1 unspecified atom stereocenters. The van der Waals surface area contributed by atoms with Gasteiger partial charge in [-0.25, -0.2) is 0 Å². The van der Waals surface area contributed by atoms with Gasteiger partial charge in [-0.1, -0.05) is 33.1 Å². The van der Waals surface area contributed by atoms with Crippen molar-refractivity contribution >= 4 is 35.8 Å². The number of hydrogen-bond donors (Lipinski definition) is 2. The highest BCUT2D eigenvalue weighted by Gasteiger charge is 2.31. The van der Waals surface area contributed by atoms with Gasteiger partial charge in [-0.15, -0.1) is 24.0 Å². The number of hydrogen-bond acceptors (Lipinski definition) is 2. The van der Waals surface area contributed by atoms with Crippen LogP contribution in [0.15, 0.2) is 4.99 Å². The fourth-order valence-corrected chi connectivity index (χ4v) is 3.79. The van der Waals surface area contributed by atoms with Gasteiger partial charge in [0, 0.05) is 38.6 Å². The molecule has 5 nitrogen and oxygen atoms in total. The maximum atomic E-state index is 12.6. The summed E-state index contributed by atoms with van der Waals surface area (Å²) in [5.74, 6) is 2.29. The van der Waals surface area contributed by atoms with Crippen molar-refractivity contribution in [1.29, 1.82) is 0 Å². The lowest BCUT2D eigenvalue weighted by molar-refractivity contribution is -0.135. The first-order valence-corrected chi connectivity index (χ1v) is 9.86. The molecule has 0 bridgehead atoms.